The fourth-order valence-electron chi connectivity index (χ4n) is 2.60. The van der Waals surface area contributed by atoms with E-state index in [0.29, 0.717) is 6.54 Å². The zero-order valence-electron chi connectivity index (χ0n) is 10.2. The second kappa shape index (κ2) is 5.32. The lowest BCUT2D eigenvalue weighted by atomic mass is 9.81. The molecule has 1 fully saturated rings. The molecular weight excluding hydrogens is 214 g/mol. The van der Waals surface area contributed by atoms with Crippen molar-refractivity contribution in [3.63, 3.8) is 0 Å². The van der Waals surface area contributed by atoms with E-state index < -0.39 is 5.97 Å². The maximum atomic E-state index is 11.3. The zero-order chi connectivity index (χ0) is 12.3. The lowest BCUT2D eigenvalue weighted by molar-refractivity contribution is -0.145. The number of nitrogens with zero attached hydrogens (tertiary/aromatic N) is 1. The van der Waals surface area contributed by atoms with E-state index in [2.05, 4.69) is 17.0 Å². The number of benzene rings is 1. The van der Waals surface area contributed by atoms with E-state index in [9.17, 15) is 9.90 Å². The summed E-state index contributed by atoms with van der Waals surface area (Å²) in [4.78, 5) is 13.4. The highest BCUT2D eigenvalue weighted by Gasteiger charge is 2.32. The molecule has 0 spiro atoms. The highest BCUT2D eigenvalue weighted by atomic mass is 16.4. The summed E-state index contributed by atoms with van der Waals surface area (Å²) in [6, 6.07) is 10.2. The van der Waals surface area contributed by atoms with Crippen LogP contribution in [-0.4, -0.2) is 36.1 Å². The number of carboxylic acid groups (broad SMARTS) is 1. The van der Waals surface area contributed by atoms with Gasteiger partial charge in [0.1, 0.15) is 0 Å². The first-order valence-electron chi connectivity index (χ1n) is 6.12. The lowest BCUT2D eigenvalue weighted by Gasteiger charge is -2.34. The maximum absolute atomic E-state index is 11.3. The van der Waals surface area contributed by atoms with Gasteiger partial charge in [-0.1, -0.05) is 30.3 Å². The Morgan fingerprint density at radius 2 is 2.12 bits per heavy atom. The van der Waals surface area contributed by atoms with Gasteiger partial charge in [0.05, 0.1) is 5.92 Å². The molecule has 0 radical (unpaired) electrons. The first-order chi connectivity index (χ1) is 8.16. The van der Waals surface area contributed by atoms with Crippen molar-refractivity contribution in [2.45, 2.75) is 12.8 Å². The Morgan fingerprint density at radius 1 is 1.41 bits per heavy atom. The van der Waals surface area contributed by atoms with Gasteiger partial charge in [-0.2, -0.15) is 0 Å². The van der Waals surface area contributed by atoms with Crippen LogP contribution in [-0.2, 0) is 11.2 Å². The topological polar surface area (TPSA) is 40.5 Å². The molecule has 1 aliphatic rings. The van der Waals surface area contributed by atoms with Crippen LogP contribution in [0.15, 0.2) is 30.3 Å². The predicted octanol–water partition coefficient (Wildman–Crippen LogP) is 1.88. The van der Waals surface area contributed by atoms with Gasteiger partial charge in [0, 0.05) is 6.54 Å². The third-order valence-corrected chi connectivity index (χ3v) is 3.62. The number of rotatable bonds is 3. The number of aliphatic carboxylic acids is 1. The van der Waals surface area contributed by atoms with Crippen LogP contribution >= 0.6 is 0 Å². The van der Waals surface area contributed by atoms with Gasteiger partial charge in [-0.3, -0.25) is 4.79 Å². The molecule has 1 aliphatic heterocycles. The smallest absolute Gasteiger partial charge is 0.308 e. The molecule has 1 N–H and O–H groups in total. The van der Waals surface area contributed by atoms with Gasteiger partial charge in [-0.25, -0.2) is 0 Å². The Hall–Kier alpha value is -1.35. The van der Waals surface area contributed by atoms with E-state index in [0.717, 1.165) is 19.4 Å². The van der Waals surface area contributed by atoms with Crippen LogP contribution in [0.2, 0.25) is 0 Å². The van der Waals surface area contributed by atoms with Gasteiger partial charge >= 0.3 is 5.97 Å². The number of carboxylic acids is 1. The maximum Gasteiger partial charge on any atom is 0.308 e. The van der Waals surface area contributed by atoms with Crippen LogP contribution in [0.1, 0.15) is 12.0 Å². The molecule has 92 valence electrons. The average molecular weight is 233 g/mol. The Bertz CT molecular complexity index is 377. The van der Waals surface area contributed by atoms with Crippen molar-refractivity contribution in [1.82, 2.24) is 4.90 Å². The fraction of sp³-hybridized carbons (Fsp3) is 0.500. The molecule has 0 aliphatic carbocycles. The van der Waals surface area contributed by atoms with Crippen molar-refractivity contribution >= 4 is 5.97 Å². The number of piperidine rings is 1. The van der Waals surface area contributed by atoms with Crippen LogP contribution in [0.3, 0.4) is 0 Å². The molecule has 0 amide bonds. The fourth-order valence-corrected chi connectivity index (χ4v) is 2.60. The van der Waals surface area contributed by atoms with Crippen LogP contribution in [0.4, 0.5) is 0 Å². The summed E-state index contributed by atoms with van der Waals surface area (Å²) in [6.45, 7) is 1.67. The third-order valence-electron chi connectivity index (χ3n) is 3.62. The van der Waals surface area contributed by atoms with Gasteiger partial charge in [0.2, 0.25) is 0 Å². The van der Waals surface area contributed by atoms with Crippen LogP contribution < -0.4 is 0 Å². The molecule has 17 heavy (non-hydrogen) atoms. The second-order valence-corrected chi connectivity index (χ2v) is 4.95. The summed E-state index contributed by atoms with van der Waals surface area (Å²) < 4.78 is 0. The molecule has 3 nitrogen and oxygen atoms in total. The number of carbonyl (C=O) groups is 1. The average Bonchev–Trinajstić information content (AvgIpc) is 2.32. The van der Waals surface area contributed by atoms with E-state index in [1.54, 1.807) is 0 Å². The van der Waals surface area contributed by atoms with Crippen molar-refractivity contribution in [3.05, 3.63) is 35.9 Å². The largest absolute Gasteiger partial charge is 0.481 e. The van der Waals surface area contributed by atoms with E-state index in [4.69, 9.17) is 0 Å². The molecule has 2 rings (SSSR count). The summed E-state index contributed by atoms with van der Waals surface area (Å²) in [6.07, 6.45) is 1.86. The summed E-state index contributed by atoms with van der Waals surface area (Å²) in [5.74, 6) is -0.613. The molecule has 1 aromatic rings. The third kappa shape index (κ3) is 3.07. The molecular formula is C14H19NO2. The van der Waals surface area contributed by atoms with Gasteiger partial charge in [-0.15, -0.1) is 0 Å². The highest BCUT2D eigenvalue weighted by molar-refractivity contribution is 5.70. The first kappa shape index (κ1) is 12.1. The highest BCUT2D eigenvalue weighted by Crippen LogP contribution is 2.26. The van der Waals surface area contributed by atoms with Crippen molar-refractivity contribution in [1.29, 1.82) is 0 Å². The number of hydrogen-bond donors (Lipinski definition) is 1. The van der Waals surface area contributed by atoms with Crippen LogP contribution in [0.25, 0.3) is 0 Å². The van der Waals surface area contributed by atoms with Gasteiger partial charge in [-0.05, 0) is 37.9 Å². The van der Waals surface area contributed by atoms with Gasteiger partial charge < -0.3 is 10.0 Å². The Balaban J connectivity index is 2.06. The lowest BCUT2D eigenvalue weighted by Crippen LogP contribution is -2.42. The van der Waals surface area contributed by atoms with Crippen LogP contribution in [0, 0.1) is 11.8 Å². The minimum Gasteiger partial charge on any atom is -0.481 e. The summed E-state index contributed by atoms with van der Waals surface area (Å²) in [5, 5.41) is 9.28. The molecule has 3 heteroatoms. The molecule has 1 saturated heterocycles. The molecule has 0 saturated carbocycles. The number of hydrogen-bond acceptors (Lipinski definition) is 2. The van der Waals surface area contributed by atoms with Crippen LogP contribution in [0.5, 0.6) is 0 Å². The minimum absolute atomic E-state index is 0.228. The summed E-state index contributed by atoms with van der Waals surface area (Å²) >= 11 is 0. The van der Waals surface area contributed by atoms with Gasteiger partial charge in [0.15, 0.2) is 0 Å². The van der Waals surface area contributed by atoms with E-state index in [1.165, 1.54) is 5.56 Å². The Labute approximate surface area is 102 Å². The monoisotopic (exact) mass is 233 g/mol. The predicted molar refractivity (Wildman–Crippen MR) is 66.9 cm³/mol. The zero-order valence-corrected chi connectivity index (χ0v) is 10.2. The van der Waals surface area contributed by atoms with Gasteiger partial charge in [0.25, 0.3) is 0 Å². The Kier molecular flexibility index (Phi) is 3.79. The van der Waals surface area contributed by atoms with Crippen molar-refractivity contribution in [3.8, 4) is 0 Å². The standard InChI is InChI=1S/C14H19NO2/c1-15-8-7-12(13(10-15)14(16)17)9-11-5-3-2-4-6-11/h2-6,12-13H,7-10H2,1H3,(H,16,17)/t12-,13+/m1/s1. The molecule has 0 unspecified atom stereocenters. The first-order valence-corrected chi connectivity index (χ1v) is 6.12. The summed E-state index contributed by atoms with van der Waals surface area (Å²) in [5.41, 5.74) is 1.24. The quantitative estimate of drug-likeness (QED) is 0.866. The minimum atomic E-state index is -0.655. The molecule has 1 heterocycles. The van der Waals surface area contributed by atoms with Crippen molar-refractivity contribution < 1.29 is 9.90 Å². The summed E-state index contributed by atoms with van der Waals surface area (Å²) in [7, 11) is 1.99. The van der Waals surface area contributed by atoms with E-state index in [-0.39, 0.29) is 11.8 Å². The van der Waals surface area contributed by atoms with E-state index >= 15 is 0 Å². The Morgan fingerprint density at radius 3 is 2.76 bits per heavy atom. The molecule has 0 bridgehead atoms. The van der Waals surface area contributed by atoms with Crippen molar-refractivity contribution in [2.75, 3.05) is 20.1 Å². The normalized spacial score (nSPS) is 25.7. The second-order valence-electron chi connectivity index (χ2n) is 4.95. The van der Waals surface area contributed by atoms with E-state index in [1.807, 2.05) is 25.2 Å². The van der Waals surface area contributed by atoms with Crippen molar-refractivity contribution in [2.24, 2.45) is 11.8 Å². The molecule has 2 atom stereocenters. The SMILES string of the molecule is CN1CC[C@H](Cc2ccccc2)[C@@H](C(=O)O)C1. The number of likely N-dealkylation sites (tertiary alicyclic amines) is 1. The molecule has 1 aromatic carbocycles. The molecule has 0 aromatic heterocycles.